The van der Waals surface area contributed by atoms with Gasteiger partial charge < -0.3 is 21.3 Å². The summed E-state index contributed by atoms with van der Waals surface area (Å²) in [6, 6.07) is 14.6. The normalized spacial score (nSPS) is 26.1. The van der Waals surface area contributed by atoms with E-state index in [9.17, 15) is 4.79 Å². The van der Waals surface area contributed by atoms with Crippen LogP contribution in [0.1, 0.15) is 23.6 Å². The Morgan fingerprint density at radius 3 is 2.72 bits per heavy atom. The molecule has 6 nitrogen and oxygen atoms in total. The zero-order valence-electron chi connectivity index (χ0n) is 16.9. The van der Waals surface area contributed by atoms with E-state index in [-0.39, 0.29) is 18.2 Å². The van der Waals surface area contributed by atoms with Crippen molar-refractivity contribution in [1.29, 1.82) is 0 Å². The van der Waals surface area contributed by atoms with Crippen LogP contribution in [0.2, 0.25) is 0 Å². The topological polar surface area (TPSA) is 82.4 Å². The molecule has 4 rings (SSSR count). The van der Waals surface area contributed by atoms with Crippen LogP contribution in [-0.4, -0.2) is 29.4 Å². The van der Waals surface area contributed by atoms with E-state index in [0.29, 0.717) is 4.99 Å². The SMILES string of the molecule is Cc1ccc(NC(=S)C2C(=O)NC(N3c4ccccc4CC3C)NC2N)c(C)c1. The highest BCUT2D eigenvalue weighted by atomic mass is 32.1. The number of hydrogen-bond donors (Lipinski definition) is 4. The third-order valence-corrected chi connectivity index (χ3v) is 6.09. The molecule has 0 spiro atoms. The van der Waals surface area contributed by atoms with Crippen molar-refractivity contribution >= 4 is 34.5 Å². The molecule has 2 heterocycles. The molecule has 2 aliphatic heterocycles. The molecule has 2 aromatic carbocycles. The first-order valence-electron chi connectivity index (χ1n) is 9.91. The van der Waals surface area contributed by atoms with E-state index in [1.54, 1.807) is 0 Å². The molecule has 152 valence electrons. The highest BCUT2D eigenvalue weighted by Gasteiger charge is 2.41. The van der Waals surface area contributed by atoms with Crippen LogP contribution in [0.3, 0.4) is 0 Å². The lowest BCUT2D eigenvalue weighted by molar-refractivity contribution is -0.126. The average Bonchev–Trinajstić information content (AvgIpc) is 2.99. The number of hydrogen-bond acceptors (Lipinski definition) is 5. The molecule has 0 aromatic heterocycles. The lowest BCUT2D eigenvalue weighted by atomic mass is 10.0. The summed E-state index contributed by atoms with van der Waals surface area (Å²) >= 11 is 5.56. The van der Waals surface area contributed by atoms with Gasteiger partial charge in [-0.05, 0) is 50.5 Å². The van der Waals surface area contributed by atoms with E-state index in [2.05, 4.69) is 46.0 Å². The molecule has 2 aliphatic rings. The monoisotopic (exact) mass is 409 g/mol. The molecule has 0 bridgehead atoms. The number of fused-ring (bicyclic) bond motifs is 1. The Hall–Kier alpha value is -2.48. The zero-order chi connectivity index (χ0) is 20.7. The lowest BCUT2D eigenvalue weighted by Gasteiger charge is -2.42. The maximum atomic E-state index is 13.0. The summed E-state index contributed by atoms with van der Waals surface area (Å²) in [5.74, 6) is -0.810. The van der Waals surface area contributed by atoms with E-state index in [0.717, 1.165) is 23.4 Å². The van der Waals surface area contributed by atoms with Gasteiger partial charge in [-0.1, -0.05) is 48.1 Å². The number of rotatable bonds is 3. The van der Waals surface area contributed by atoms with Gasteiger partial charge in [-0.25, -0.2) is 0 Å². The van der Waals surface area contributed by atoms with Gasteiger partial charge in [-0.2, -0.15) is 0 Å². The molecular formula is C22H27N5OS. The van der Waals surface area contributed by atoms with Gasteiger partial charge in [0.05, 0.1) is 11.2 Å². The quantitative estimate of drug-likeness (QED) is 0.583. The van der Waals surface area contributed by atoms with Crippen LogP contribution >= 0.6 is 12.2 Å². The maximum absolute atomic E-state index is 13.0. The van der Waals surface area contributed by atoms with Crippen LogP contribution in [0.15, 0.2) is 42.5 Å². The van der Waals surface area contributed by atoms with E-state index in [1.165, 1.54) is 11.1 Å². The van der Waals surface area contributed by atoms with Crippen LogP contribution in [0.25, 0.3) is 0 Å². The first-order valence-corrected chi connectivity index (χ1v) is 10.3. The largest absolute Gasteiger partial charge is 0.349 e. The van der Waals surface area contributed by atoms with Crippen molar-refractivity contribution in [3.05, 3.63) is 59.2 Å². The van der Waals surface area contributed by atoms with Crippen molar-refractivity contribution < 1.29 is 4.79 Å². The number of anilines is 2. The van der Waals surface area contributed by atoms with Gasteiger partial charge in [0.2, 0.25) is 5.91 Å². The minimum absolute atomic E-state index is 0.167. The lowest BCUT2D eigenvalue weighted by Crippen LogP contribution is -2.71. The summed E-state index contributed by atoms with van der Waals surface area (Å²) in [7, 11) is 0. The standard InChI is InChI=1S/C22H27N5OS/c1-12-8-9-16(13(2)10-12)24-21(29)18-19(23)25-22(26-20(18)28)27-14(3)11-15-6-4-5-7-17(15)27/h4-10,14,18-19,22,25H,11,23H2,1-3H3,(H,24,29)(H,26,28). The molecule has 1 fully saturated rings. The van der Waals surface area contributed by atoms with Crippen molar-refractivity contribution in [2.24, 2.45) is 11.7 Å². The van der Waals surface area contributed by atoms with Gasteiger partial charge in [0, 0.05) is 17.4 Å². The fourth-order valence-corrected chi connectivity index (χ4v) is 4.65. The molecule has 4 unspecified atom stereocenters. The Labute approximate surface area is 176 Å². The number of nitrogens with zero attached hydrogens (tertiary/aromatic N) is 1. The second-order valence-corrected chi connectivity index (χ2v) is 8.42. The van der Waals surface area contributed by atoms with Crippen molar-refractivity contribution in [3.63, 3.8) is 0 Å². The van der Waals surface area contributed by atoms with Crippen molar-refractivity contribution in [2.45, 2.75) is 45.7 Å². The van der Waals surface area contributed by atoms with Gasteiger partial charge in [0.25, 0.3) is 0 Å². The first-order chi connectivity index (χ1) is 13.8. The number of amides is 1. The van der Waals surface area contributed by atoms with Crippen LogP contribution in [0, 0.1) is 19.8 Å². The third kappa shape index (κ3) is 3.73. The summed E-state index contributed by atoms with van der Waals surface area (Å²) in [6.45, 7) is 6.21. The summed E-state index contributed by atoms with van der Waals surface area (Å²) in [6.07, 6.45) is -0.00832. The molecule has 1 saturated heterocycles. The highest BCUT2D eigenvalue weighted by Crippen LogP contribution is 2.33. The molecular weight excluding hydrogens is 382 g/mol. The Balaban J connectivity index is 1.49. The Morgan fingerprint density at radius 1 is 1.24 bits per heavy atom. The molecule has 0 saturated carbocycles. The molecule has 5 N–H and O–H groups in total. The van der Waals surface area contributed by atoms with Gasteiger partial charge in [0.1, 0.15) is 5.92 Å². The van der Waals surface area contributed by atoms with Crippen LogP contribution in [-0.2, 0) is 11.2 Å². The summed E-state index contributed by atoms with van der Waals surface area (Å²) in [4.78, 5) is 15.6. The number of nitrogens with two attached hydrogens (primary N) is 1. The molecule has 7 heteroatoms. The fraction of sp³-hybridized carbons (Fsp3) is 0.364. The first kappa shape index (κ1) is 19.8. The number of carbonyl (C=O) groups is 1. The van der Waals surface area contributed by atoms with Gasteiger partial charge in [-0.3, -0.25) is 10.1 Å². The number of benzene rings is 2. The summed E-state index contributed by atoms with van der Waals surface area (Å²) in [5.41, 5.74) is 11.9. The Kier molecular flexibility index (Phi) is 5.29. The van der Waals surface area contributed by atoms with E-state index in [4.69, 9.17) is 18.0 Å². The Bertz CT molecular complexity index is 962. The number of para-hydroxylation sites is 1. The van der Waals surface area contributed by atoms with Gasteiger partial charge in [-0.15, -0.1) is 0 Å². The van der Waals surface area contributed by atoms with Gasteiger partial charge in [0.15, 0.2) is 6.29 Å². The van der Waals surface area contributed by atoms with Crippen LogP contribution in [0.4, 0.5) is 11.4 Å². The number of aryl methyl sites for hydroxylation is 2. The van der Waals surface area contributed by atoms with E-state index < -0.39 is 12.1 Å². The van der Waals surface area contributed by atoms with Crippen molar-refractivity contribution in [3.8, 4) is 0 Å². The predicted molar refractivity (Wildman–Crippen MR) is 121 cm³/mol. The minimum Gasteiger partial charge on any atom is -0.349 e. The molecule has 0 aliphatic carbocycles. The maximum Gasteiger partial charge on any atom is 0.235 e. The minimum atomic E-state index is -0.643. The molecule has 0 radical (unpaired) electrons. The van der Waals surface area contributed by atoms with Crippen molar-refractivity contribution in [2.75, 3.05) is 10.2 Å². The number of thiocarbonyl (C=S) groups is 1. The van der Waals surface area contributed by atoms with Crippen LogP contribution < -0.4 is 26.6 Å². The summed E-state index contributed by atoms with van der Waals surface area (Å²) in [5, 5.41) is 9.63. The molecule has 29 heavy (non-hydrogen) atoms. The second kappa shape index (κ2) is 7.74. The van der Waals surface area contributed by atoms with E-state index >= 15 is 0 Å². The molecule has 1 amide bonds. The van der Waals surface area contributed by atoms with Crippen molar-refractivity contribution in [1.82, 2.24) is 10.6 Å². The van der Waals surface area contributed by atoms with E-state index in [1.807, 2.05) is 38.1 Å². The zero-order valence-corrected chi connectivity index (χ0v) is 17.7. The average molecular weight is 410 g/mol. The Morgan fingerprint density at radius 2 is 2.00 bits per heavy atom. The summed E-state index contributed by atoms with van der Waals surface area (Å²) < 4.78 is 0. The molecule has 2 aromatic rings. The fourth-order valence-electron chi connectivity index (χ4n) is 4.29. The number of carbonyl (C=O) groups excluding carboxylic acids is 1. The third-order valence-electron chi connectivity index (χ3n) is 5.73. The smallest absolute Gasteiger partial charge is 0.235 e. The highest BCUT2D eigenvalue weighted by molar-refractivity contribution is 7.80. The molecule has 4 atom stereocenters. The van der Waals surface area contributed by atoms with Gasteiger partial charge >= 0.3 is 0 Å². The van der Waals surface area contributed by atoms with Crippen LogP contribution in [0.5, 0.6) is 0 Å². The number of nitrogens with one attached hydrogen (secondary N) is 3. The predicted octanol–water partition coefficient (Wildman–Crippen LogP) is 2.40. The second-order valence-electron chi connectivity index (χ2n) is 7.98.